The smallest absolute Gasteiger partial charge is 0.354 e. The standard InChI is InChI=1S/C6H5N4S.C6H5NO2.Ir/c1-10-7-3-6(9-10)5-2-8-11-4-5;8-6(9)5-3-1-2-4-7-5;/h3-4H,1H3;1-4H,(H,8,9);/q-1;;. The minimum atomic E-state index is -0.990. The van der Waals surface area contributed by atoms with Crippen LogP contribution in [0.3, 0.4) is 0 Å². The molecule has 0 spiro atoms. The van der Waals surface area contributed by atoms with Crippen LogP contribution in [-0.4, -0.2) is 35.4 Å². The molecular formula is C12H10IrN5O2S-. The summed E-state index contributed by atoms with van der Waals surface area (Å²) in [7, 11) is 1.78. The second kappa shape index (κ2) is 8.35. The van der Waals surface area contributed by atoms with E-state index in [-0.39, 0.29) is 25.8 Å². The minimum Gasteiger partial charge on any atom is -0.477 e. The normalized spacial score (nSPS) is 9.19. The molecule has 0 aromatic carbocycles. The molecule has 1 radical (unpaired) electrons. The third-order valence-corrected chi connectivity index (χ3v) is 2.69. The Kier molecular flexibility index (Phi) is 6.80. The Bertz CT molecular complexity index is 672. The molecule has 3 aromatic rings. The first kappa shape index (κ1) is 17.1. The van der Waals surface area contributed by atoms with Gasteiger partial charge in [0.1, 0.15) is 5.69 Å². The van der Waals surface area contributed by atoms with Crippen molar-refractivity contribution >= 4 is 17.5 Å². The number of carbonyl (C=O) groups is 1. The Hall–Kier alpha value is -1.96. The molecule has 0 amide bonds. The van der Waals surface area contributed by atoms with Crippen LogP contribution in [0.5, 0.6) is 0 Å². The van der Waals surface area contributed by atoms with Crippen LogP contribution in [0.1, 0.15) is 10.5 Å². The summed E-state index contributed by atoms with van der Waals surface area (Å²) in [6, 6.07) is 4.76. The van der Waals surface area contributed by atoms with Crippen molar-refractivity contribution in [2.24, 2.45) is 7.05 Å². The van der Waals surface area contributed by atoms with Gasteiger partial charge in [0.15, 0.2) is 0 Å². The van der Waals surface area contributed by atoms with E-state index in [1.54, 1.807) is 25.4 Å². The number of aryl methyl sites for hydroxylation is 1. The van der Waals surface area contributed by atoms with Crippen molar-refractivity contribution in [1.29, 1.82) is 0 Å². The van der Waals surface area contributed by atoms with Crippen LogP contribution in [0.15, 0.2) is 36.0 Å². The Labute approximate surface area is 138 Å². The minimum absolute atomic E-state index is 0. The molecular weight excluding hydrogens is 470 g/mol. The summed E-state index contributed by atoms with van der Waals surface area (Å²) < 4.78 is 3.85. The molecule has 3 heterocycles. The van der Waals surface area contributed by atoms with Crippen molar-refractivity contribution in [2.75, 3.05) is 0 Å². The Morgan fingerprint density at radius 3 is 2.67 bits per heavy atom. The number of hydrogen-bond acceptors (Lipinski definition) is 6. The van der Waals surface area contributed by atoms with Crippen LogP contribution in [0.2, 0.25) is 0 Å². The van der Waals surface area contributed by atoms with E-state index in [2.05, 4.69) is 25.8 Å². The van der Waals surface area contributed by atoms with Gasteiger partial charge in [0.25, 0.3) is 0 Å². The van der Waals surface area contributed by atoms with Gasteiger partial charge < -0.3 is 5.11 Å². The topological polar surface area (TPSA) is 93.8 Å². The van der Waals surface area contributed by atoms with Crippen molar-refractivity contribution in [3.8, 4) is 11.3 Å². The molecule has 0 aliphatic heterocycles. The van der Waals surface area contributed by atoms with Crippen LogP contribution in [-0.2, 0) is 27.2 Å². The molecule has 111 valence electrons. The summed E-state index contributed by atoms with van der Waals surface area (Å²) in [5.41, 5.74) is 1.81. The fourth-order valence-corrected chi connectivity index (χ4v) is 1.74. The average Bonchev–Trinajstić information content (AvgIpc) is 3.11. The number of rotatable bonds is 2. The molecule has 0 saturated heterocycles. The first-order valence-electron chi connectivity index (χ1n) is 5.50. The molecule has 0 saturated carbocycles. The predicted molar refractivity (Wildman–Crippen MR) is 72.1 cm³/mol. The van der Waals surface area contributed by atoms with Gasteiger partial charge in [0.2, 0.25) is 0 Å². The van der Waals surface area contributed by atoms with Gasteiger partial charge in [-0.2, -0.15) is 5.10 Å². The summed E-state index contributed by atoms with van der Waals surface area (Å²) in [4.78, 5) is 15.2. The summed E-state index contributed by atoms with van der Waals surface area (Å²) in [5.74, 6) is -0.990. The second-order valence-corrected chi connectivity index (χ2v) is 4.21. The first-order chi connectivity index (χ1) is 9.66. The fraction of sp³-hybridized carbons (Fsp3) is 0.0833. The van der Waals surface area contributed by atoms with Crippen LogP contribution in [0.25, 0.3) is 11.3 Å². The van der Waals surface area contributed by atoms with E-state index in [4.69, 9.17) is 5.11 Å². The van der Waals surface area contributed by atoms with Gasteiger partial charge in [-0.05, 0) is 12.1 Å². The molecule has 3 rings (SSSR count). The number of carboxylic acids is 1. The Morgan fingerprint density at radius 2 is 2.24 bits per heavy atom. The van der Waals surface area contributed by atoms with Crippen LogP contribution in [0, 0.1) is 6.20 Å². The SMILES string of the molecule is Cn1ncc(-c2[c-]nsc2)n1.O=C(O)c1ccccn1.[Ir]. The van der Waals surface area contributed by atoms with E-state index in [9.17, 15) is 4.79 Å². The molecule has 0 fully saturated rings. The molecule has 0 bridgehead atoms. The molecule has 0 unspecified atom stereocenters. The van der Waals surface area contributed by atoms with Gasteiger partial charge in [0.05, 0.1) is 0 Å². The third kappa shape index (κ3) is 5.14. The van der Waals surface area contributed by atoms with Gasteiger partial charge in [-0.3, -0.25) is 4.37 Å². The summed E-state index contributed by atoms with van der Waals surface area (Å²) >= 11 is 1.36. The Morgan fingerprint density at radius 1 is 1.43 bits per heavy atom. The van der Waals surface area contributed by atoms with Crippen molar-refractivity contribution in [3.05, 3.63) is 47.9 Å². The fourth-order valence-electron chi connectivity index (χ4n) is 1.26. The number of aromatic carboxylic acids is 1. The molecule has 0 atom stereocenters. The predicted octanol–water partition coefficient (Wildman–Crippen LogP) is 1.52. The van der Waals surface area contributed by atoms with Crippen LogP contribution < -0.4 is 0 Å². The van der Waals surface area contributed by atoms with E-state index >= 15 is 0 Å². The van der Waals surface area contributed by atoms with E-state index < -0.39 is 5.97 Å². The quantitative estimate of drug-likeness (QED) is 0.559. The number of nitrogens with zero attached hydrogens (tertiary/aromatic N) is 5. The zero-order chi connectivity index (χ0) is 14.4. The van der Waals surface area contributed by atoms with Crippen LogP contribution >= 0.6 is 11.5 Å². The maximum absolute atomic E-state index is 10.1. The maximum Gasteiger partial charge on any atom is 0.354 e. The summed E-state index contributed by atoms with van der Waals surface area (Å²) in [6.45, 7) is 0. The molecule has 21 heavy (non-hydrogen) atoms. The zero-order valence-corrected chi connectivity index (χ0v) is 14.0. The molecule has 0 aliphatic rings. The average molecular weight is 481 g/mol. The van der Waals surface area contributed by atoms with Crippen molar-refractivity contribution in [1.82, 2.24) is 24.4 Å². The van der Waals surface area contributed by atoms with Gasteiger partial charge in [0, 0.05) is 45.2 Å². The van der Waals surface area contributed by atoms with Gasteiger partial charge in [-0.15, -0.1) is 17.1 Å². The first-order valence-corrected chi connectivity index (χ1v) is 6.33. The zero-order valence-electron chi connectivity index (χ0n) is 10.8. The van der Waals surface area contributed by atoms with Crippen molar-refractivity contribution in [2.45, 2.75) is 0 Å². The van der Waals surface area contributed by atoms with E-state index in [1.807, 2.05) is 5.38 Å². The monoisotopic (exact) mass is 481 g/mol. The molecule has 1 N–H and O–H groups in total. The Balaban J connectivity index is 0.000000205. The van der Waals surface area contributed by atoms with Crippen molar-refractivity contribution in [3.63, 3.8) is 0 Å². The van der Waals surface area contributed by atoms with Crippen LogP contribution in [0.4, 0.5) is 0 Å². The molecule has 3 aromatic heterocycles. The number of aromatic nitrogens is 5. The van der Waals surface area contributed by atoms with Gasteiger partial charge in [-0.1, -0.05) is 17.6 Å². The molecule has 7 nitrogen and oxygen atoms in total. The maximum atomic E-state index is 10.1. The molecule has 9 heteroatoms. The third-order valence-electron chi connectivity index (χ3n) is 2.15. The van der Waals surface area contributed by atoms with E-state index in [0.29, 0.717) is 0 Å². The summed E-state index contributed by atoms with van der Waals surface area (Å²) in [6.07, 6.45) is 5.96. The molecule has 0 aliphatic carbocycles. The van der Waals surface area contributed by atoms with Gasteiger partial charge in [-0.25, -0.2) is 19.7 Å². The van der Waals surface area contributed by atoms with E-state index in [0.717, 1.165) is 11.3 Å². The number of carboxylic acid groups (broad SMARTS) is 1. The van der Waals surface area contributed by atoms with E-state index in [1.165, 1.54) is 28.6 Å². The van der Waals surface area contributed by atoms with Crippen molar-refractivity contribution < 1.29 is 30.0 Å². The number of hydrogen-bond donors (Lipinski definition) is 1. The second-order valence-electron chi connectivity index (χ2n) is 3.58. The number of pyridine rings is 1. The summed E-state index contributed by atoms with van der Waals surface area (Å²) in [5, 5.41) is 18.2. The largest absolute Gasteiger partial charge is 0.477 e. The van der Waals surface area contributed by atoms with Gasteiger partial charge >= 0.3 is 5.97 Å².